The highest BCUT2D eigenvalue weighted by atomic mass is 35.5. The number of fused-ring (bicyclic) bond motifs is 1. The van der Waals surface area contributed by atoms with E-state index in [1.54, 1.807) is 45.6 Å². The number of hydrogen-bond acceptors (Lipinski definition) is 4. The Hall–Kier alpha value is -2.86. The summed E-state index contributed by atoms with van der Waals surface area (Å²) in [6, 6.07) is 10.7. The summed E-state index contributed by atoms with van der Waals surface area (Å²) in [4.78, 5) is 15.6. The van der Waals surface area contributed by atoms with Crippen molar-refractivity contribution in [2.75, 3.05) is 21.3 Å². The topological polar surface area (TPSA) is 72.6 Å². The van der Waals surface area contributed by atoms with E-state index in [9.17, 15) is 4.79 Å². The first-order valence-electron chi connectivity index (χ1n) is 7.91. The fraction of sp³-hybridized carbons (Fsp3) is 0.211. The number of aromatic nitrogens is 1. The highest BCUT2D eigenvalue weighted by Crippen LogP contribution is 2.34. The Morgan fingerprint density at radius 2 is 1.69 bits per heavy atom. The summed E-state index contributed by atoms with van der Waals surface area (Å²) in [6.07, 6.45) is 0. The van der Waals surface area contributed by atoms with Gasteiger partial charge in [-0.3, -0.25) is 4.79 Å². The lowest BCUT2D eigenvalue weighted by Gasteiger charge is -2.14. The number of amides is 1. The second-order valence-corrected chi connectivity index (χ2v) is 6.05. The van der Waals surface area contributed by atoms with Gasteiger partial charge < -0.3 is 24.5 Å². The van der Waals surface area contributed by atoms with Gasteiger partial charge in [0.25, 0.3) is 5.91 Å². The lowest BCUT2D eigenvalue weighted by atomic mass is 10.1. The van der Waals surface area contributed by atoms with Crippen LogP contribution < -0.4 is 19.5 Å². The van der Waals surface area contributed by atoms with Crippen LogP contribution in [0.3, 0.4) is 0 Å². The van der Waals surface area contributed by atoms with Gasteiger partial charge in [0.15, 0.2) is 11.5 Å². The lowest BCUT2D eigenvalue weighted by molar-refractivity contribution is 0.0946. The molecule has 1 heterocycles. The minimum Gasteiger partial charge on any atom is -0.496 e. The van der Waals surface area contributed by atoms with Gasteiger partial charge in [-0.2, -0.15) is 0 Å². The van der Waals surface area contributed by atoms with Crippen molar-refractivity contribution in [2.24, 2.45) is 0 Å². The molecule has 0 aliphatic rings. The van der Waals surface area contributed by atoms with Crippen molar-refractivity contribution >= 4 is 28.4 Å². The zero-order valence-corrected chi connectivity index (χ0v) is 15.4. The predicted octanol–water partition coefficient (Wildman–Crippen LogP) is 3.78. The van der Waals surface area contributed by atoms with E-state index in [-0.39, 0.29) is 12.5 Å². The maximum Gasteiger partial charge on any atom is 0.267 e. The smallest absolute Gasteiger partial charge is 0.267 e. The van der Waals surface area contributed by atoms with Crippen LogP contribution in [0.2, 0.25) is 5.02 Å². The Labute approximate surface area is 156 Å². The van der Waals surface area contributed by atoms with Gasteiger partial charge in [0.1, 0.15) is 11.4 Å². The Morgan fingerprint density at radius 3 is 2.38 bits per heavy atom. The van der Waals surface area contributed by atoms with E-state index < -0.39 is 0 Å². The first-order chi connectivity index (χ1) is 12.5. The van der Waals surface area contributed by atoms with Crippen LogP contribution in [0, 0.1) is 0 Å². The van der Waals surface area contributed by atoms with Gasteiger partial charge in [0.05, 0.1) is 21.3 Å². The van der Waals surface area contributed by atoms with Gasteiger partial charge in [-0.05, 0) is 30.3 Å². The molecule has 0 spiro atoms. The summed E-state index contributed by atoms with van der Waals surface area (Å²) in [5.74, 6) is 1.50. The quantitative estimate of drug-likeness (QED) is 0.688. The third kappa shape index (κ3) is 3.55. The van der Waals surface area contributed by atoms with Gasteiger partial charge in [-0.15, -0.1) is 0 Å². The van der Waals surface area contributed by atoms with E-state index in [0.29, 0.717) is 28.0 Å². The van der Waals surface area contributed by atoms with Crippen molar-refractivity contribution < 1.29 is 19.0 Å². The summed E-state index contributed by atoms with van der Waals surface area (Å²) in [5, 5.41) is 4.38. The lowest BCUT2D eigenvalue weighted by Crippen LogP contribution is -2.23. The molecule has 26 heavy (non-hydrogen) atoms. The van der Waals surface area contributed by atoms with Crippen LogP contribution >= 0.6 is 11.6 Å². The monoisotopic (exact) mass is 374 g/mol. The van der Waals surface area contributed by atoms with Crippen molar-refractivity contribution in [2.45, 2.75) is 6.54 Å². The number of nitrogens with one attached hydrogen (secondary N) is 2. The van der Waals surface area contributed by atoms with Crippen LogP contribution in [0.4, 0.5) is 0 Å². The third-order valence-electron chi connectivity index (χ3n) is 4.05. The van der Waals surface area contributed by atoms with Crippen molar-refractivity contribution in [3.8, 4) is 17.2 Å². The number of ether oxygens (including phenoxy) is 3. The molecular weight excluding hydrogens is 356 g/mol. The molecular formula is C19H19ClN2O4. The van der Waals surface area contributed by atoms with E-state index >= 15 is 0 Å². The minimum atomic E-state index is -0.228. The number of hydrogen-bond donors (Lipinski definition) is 2. The molecule has 6 nitrogen and oxygen atoms in total. The molecule has 1 aromatic heterocycles. The molecule has 0 aliphatic carbocycles. The predicted molar refractivity (Wildman–Crippen MR) is 101 cm³/mol. The molecule has 3 rings (SSSR count). The van der Waals surface area contributed by atoms with Crippen LogP contribution in [0.25, 0.3) is 10.9 Å². The normalized spacial score (nSPS) is 10.6. The zero-order valence-electron chi connectivity index (χ0n) is 14.7. The average Bonchev–Trinajstić information content (AvgIpc) is 3.08. The molecule has 0 fully saturated rings. The van der Waals surface area contributed by atoms with E-state index in [1.165, 1.54) is 0 Å². The van der Waals surface area contributed by atoms with E-state index in [4.69, 9.17) is 25.8 Å². The summed E-state index contributed by atoms with van der Waals surface area (Å²) in [6.45, 7) is 0.276. The van der Waals surface area contributed by atoms with Gasteiger partial charge >= 0.3 is 0 Å². The number of benzene rings is 2. The number of methoxy groups -OCH3 is 3. The number of halogens is 1. The standard InChI is InChI=1S/C19H19ClN2O4/c1-24-16-9-18(26-3)17(25-2)8-12(16)10-21-19(23)15-7-11-6-13(20)4-5-14(11)22-15/h4-9,22H,10H2,1-3H3,(H,21,23). The van der Waals surface area contributed by atoms with E-state index in [1.807, 2.05) is 12.1 Å². The first-order valence-corrected chi connectivity index (χ1v) is 8.29. The Kier molecular flexibility index (Phi) is 5.23. The SMILES string of the molecule is COc1cc(OC)c(OC)cc1CNC(=O)c1cc2cc(Cl)ccc2[nH]1. The highest BCUT2D eigenvalue weighted by Gasteiger charge is 2.14. The summed E-state index contributed by atoms with van der Waals surface area (Å²) < 4.78 is 15.9. The van der Waals surface area contributed by atoms with Crippen molar-refractivity contribution in [1.82, 2.24) is 10.3 Å². The molecule has 3 aromatic rings. The summed E-state index contributed by atoms with van der Waals surface area (Å²) in [5.41, 5.74) is 2.09. The van der Waals surface area contributed by atoms with Gasteiger partial charge in [-0.1, -0.05) is 11.6 Å². The molecule has 7 heteroatoms. The molecule has 0 saturated heterocycles. The van der Waals surface area contributed by atoms with Gasteiger partial charge in [-0.25, -0.2) is 0 Å². The third-order valence-corrected chi connectivity index (χ3v) is 4.29. The molecule has 1 amide bonds. The Morgan fingerprint density at radius 1 is 1.00 bits per heavy atom. The first kappa shape index (κ1) is 17.9. The summed E-state index contributed by atoms with van der Waals surface area (Å²) >= 11 is 5.98. The fourth-order valence-electron chi connectivity index (χ4n) is 2.73. The molecule has 0 unspecified atom stereocenters. The maximum absolute atomic E-state index is 12.5. The molecule has 136 valence electrons. The molecule has 0 bridgehead atoms. The Balaban J connectivity index is 1.79. The van der Waals surface area contributed by atoms with Crippen molar-refractivity contribution in [3.63, 3.8) is 0 Å². The second-order valence-electron chi connectivity index (χ2n) is 5.62. The van der Waals surface area contributed by atoms with E-state index in [0.717, 1.165) is 16.5 Å². The molecule has 0 atom stereocenters. The Bertz CT molecular complexity index is 952. The van der Waals surface area contributed by atoms with Crippen molar-refractivity contribution in [1.29, 1.82) is 0 Å². The van der Waals surface area contributed by atoms with Crippen LogP contribution in [-0.2, 0) is 6.54 Å². The molecule has 2 N–H and O–H groups in total. The summed E-state index contributed by atoms with van der Waals surface area (Å²) in [7, 11) is 4.68. The molecule has 2 aromatic carbocycles. The number of H-pyrrole nitrogens is 1. The minimum absolute atomic E-state index is 0.228. The number of carbonyl (C=O) groups excluding carboxylic acids is 1. The van der Waals surface area contributed by atoms with Gasteiger partial charge in [0.2, 0.25) is 0 Å². The number of rotatable bonds is 6. The maximum atomic E-state index is 12.5. The second kappa shape index (κ2) is 7.58. The average molecular weight is 375 g/mol. The van der Waals surface area contributed by atoms with Crippen LogP contribution in [-0.4, -0.2) is 32.2 Å². The van der Waals surface area contributed by atoms with Crippen LogP contribution in [0.1, 0.15) is 16.1 Å². The molecule has 0 radical (unpaired) electrons. The van der Waals surface area contributed by atoms with Crippen molar-refractivity contribution in [3.05, 3.63) is 52.7 Å². The zero-order chi connectivity index (χ0) is 18.7. The van der Waals surface area contributed by atoms with E-state index in [2.05, 4.69) is 10.3 Å². The fourth-order valence-corrected chi connectivity index (χ4v) is 2.91. The molecule has 0 saturated carbocycles. The number of aromatic amines is 1. The number of carbonyl (C=O) groups is 1. The van der Waals surface area contributed by atoms with Crippen LogP contribution in [0.15, 0.2) is 36.4 Å². The largest absolute Gasteiger partial charge is 0.496 e. The molecule has 0 aliphatic heterocycles. The highest BCUT2D eigenvalue weighted by molar-refractivity contribution is 6.31. The van der Waals surface area contributed by atoms with Crippen LogP contribution in [0.5, 0.6) is 17.2 Å². The van der Waals surface area contributed by atoms with Gasteiger partial charge in [0, 0.05) is 34.1 Å².